The van der Waals surface area contributed by atoms with Gasteiger partial charge in [-0.15, -0.1) is 0 Å². The van der Waals surface area contributed by atoms with Gasteiger partial charge in [0.15, 0.2) is 0 Å². The molecule has 4 N–H and O–H groups in total. The van der Waals surface area contributed by atoms with Crippen LogP contribution >= 0.6 is 0 Å². The van der Waals surface area contributed by atoms with Gasteiger partial charge in [-0.1, -0.05) is 27.0 Å². The fourth-order valence-electron chi connectivity index (χ4n) is 4.21. The maximum absolute atomic E-state index is 4.35. The Morgan fingerprint density at radius 1 is 0.633 bits per heavy atom. The molecule has 2 unspecified atom stereocenters. The molecule has 0 amide bonds. The number of H-pyrrole nitrogens is 3. The lowest BCUT2D eigenvalue weighted by Crippen LogP contribution is -2.31. The third-order valence-electron chi connectivity index (χ3n) is 7.13. The van der Waals surface area contributed by atoms with Crippen LogP contribution in [0.15, 0.2) is 61.0 Å². The summed E-state index contributed by atoms with van der Waals surface area (Å²) < 4.78 is 0. The van der Waals surface area contributed by atoms with Crippen molar-refractivity contribution in [3.8, 4) is 0 Å². The molecule has 158 valence electrons. The zero-order valence-electron chi connectivity index (χ0n) is 19.0. The number of hydrogen-bond donors (Lipinski definition) is 4. The molecule has 3 aromatic heterocycles. The van der Waals surface area contributed by atoms with E-state index in [-0.39, 0.29) is 22.7 Å². The van der Waals surface area contributed by atoms with Crippen molar-refractivity contribution in [2.24, 2.45) is 0 Å². The Kier molecular flexibility index (Phi) is 4.64. The molecule has 2 atom stereocenters. The number of hydrogen-bond acceptors (Lipinski definition) is 1. The van der Waals surface area contributed by atoms with Gasteiger partial charge in [-0.05, 0) is 64.1 Å². The van der Waals surface area contributed by atoms with Crippen molar-refractivity contribution in [3.05, 3.63) is 95.1 Å². The van der Waals surface area contributed by atoms with E-state index in [4.69, 9.17) is 0 Å². The van der Waals surface area contributed by atoms with Gasteiger partial charge in [0.2, 0.25) is 0 Å². The summed E-state index contributed by atoms with van der Waals surface area (Å²) in [7, 11) is 0. The summed E-state index contributed by atoms with van der Waals surface area (Å²) in [5.74, 6) is 0.371. The molecule has 0 radical (unpaired) electrons. The normalized spacial score (nSPS) is 23.3. The van der Waals surface area contributed by atoms with Crippen molar-refractivity contribution in [1.29, 1.82) is 0 Å². The number of rotatable bonds is 0. The molecule has 0 saturated heterocycles. The van der Waals surface area contributed by atoms with Gasteiger partial charge in [-0.3, -0.25) is 0 Å². The number of allylic oxidation sites excluding steroid dienone is 2. The fraction of sp³-hybridized carbons (Fsp3) is 0.385. The van der Waals surface area contributed by atoms with E-state index in [2.05, 4.69) is 111 Å². The van der Waals surface area contributed by atoms with Gasteiger partial charge in [0.05, 0.1) is 0 Å². The third kappa shape index (κ3) is 3.15. The lowest BCUT2D eigenvalue weighted by molar-refractivity contribution is 0.556. The lowest BCUT2D eigenvalue weighted by Gasteiger charge is -2.30. The van der Waals surface area contributed by atoms with E-state index in [1.807, 2.05) is 0 Å². The second kappa shape index (κ2) is 6.83. The van der Waals surface area contributed by atoms with E-state index in [1.54, 1.807) is 0 Å². The Morgan fingerprint density at radius 3 is 1.50 bits per heavy atom. The molecule has 4 nitrogen and oxygen atoms in total. The van der Waals surface area contributed by atoms with E-state index in [1.165, 1.54) is 22.8 Å². The quantitative estimate of drug-likeness (QED) is 0.357. The molecule has 6 bridgehead atoms. The van der Waals surface area contributed by atoms with Crippen molar-refractivity contribution >= 4 is 0 Å². The molecule has 3 aromatic rings. The van der Waals surface area contributed by atoms with Crippen molar-refractivity contribution < 1.29 is 0 Å². The predicted octanol–water partition coefficient (Wildman–Crippen LogP) is 6.16. The monoisotopic (exact) mass is 402 g/mol. The molecular formula is C26H34N4. The van der Waals surface area contributed by atoms with Crippen LogP contribution in [0.5, 0.6) is 0 Å². The van der Waals surface area contributed by atoms with E-state index >= 15 is 0 Å². The first-order valence-corrected chi connectivity index (χ1v) is 10.7. The van der Waals surface area contributed by atoms with Gasteiger partial charge >= 0.3 is 0 Å². The third-order valence-corrected chi connectivity index (χ3v) is 7.13. The molecule has 0 fully saturated rings. The van der Waals surface area contributed by atoms with Gasteiger partial charge in [0, 0.05) is 68.2 Å². The highest BCUT2D eigenvalue weighted by atomic mass is 14.9. The average Bonchev–Trinajstić information content (AvgIpc) is 3.46. The first kappa shape index (κ1) is 20.4. The Morgan fingerprint density at radius 2 is 1.03 bits per heavy atom. The molecule has 0 saturated carbocycles. The van der Waals surface area contributed by atoms with Crippen molar-refractivity contribution in [2.75, 3.05) is 0 Å². The fourth-order valence-corrected chi connectivity index (χ4v) is 4.21. The second-order valence-corrected chi connectivity index (χ2v) is 9.80. The smallest absolute Gasteiger partial charge is 0.0447 e. The zero-order chi connectivity index (χ0) is 21.8. The highest BCUT2D eigenvalue weighted by Crippen LogP contribution is 2.36. The SMILES string of the molecule is C=C1NC(=C)C(C)(C)c2ccc([nH]2)C(C)c2ccc([nH]2)C(C)(C)c2ccc([nH]2)C1C. The average molecular weight is 403 g/mol. The molecule has 0 spiro atoms. The molecule has 1 aliphatic rings. The Balaban J connectivity index is 1.85. The highest BCUT2D eigenvalue weighted by molar-refractivity contribution is 5.39. The molecule has 4 rings (SSSR count). The maximum Gasteiger partial charge on any atom is 0.0447 e. The Labute approximate surface area is 179 Å². The van der Waals surface area contributed by atoms with Crippen LogP contribution in [0.1, 0.15) is 87.5 Å². The van der Waals surface area contributed by atoms with Gasteiger partial charge in [-0.2, -0.15) is 0 Å². The number of aromatic nitrogens is 3. The molecule has 0 aromatic carbocycles. The number of fused-ring (bicyclic) bond motifs is 6. The minimum atomic E-state index is -0.262. The molecule has 30 heavy (non-hydrogen) atoms. The molecule has 4 heteroatoms. The second-order valence-electron chi connectivity index (χ2n) is 9.80. The molecule has 0 aliphatic carbocycles. The predicted molar refractivity (Wildman–Crippen MR) is 125 cm³/mol. The van der Waals surface area contributed by atoms with E-state index < -0.39 is 0 Å². The van der Waals surface area contributed by atoms with E-state index in [0.29, 0.717) is 0 Å². The molecule has 1 aliphatic heterocycles. The summed E-state index contributed by atoms with van der Waals surface area (Å²) in [6.45, 7) is 21.9. The number of aromatic amines is 3. The Hall–Kier alpha value is -2.88. The topological polar surface area (TPSA) is 59.4 Å². The van der Waals surface area contributed by atoms with Crippen molar-refractivity contribution in [1.82, 2.24) is 20.3 Å². The van der Waals surface area contributed by atoms with Crippen LogP contribution < -0.4 is 5.32 Å². The van der Waals surface area contributed by atoms with E-state index in [9.17, 15) is 0 Å². The first-order valence-electron chi connectivity index (χ1n) is 10.7. The zero-order valence-corrected chi connectivity index (χ0v) is 19.0. The van der Waals surface area contributed by atoms with E-state index in [0.717, 1.165) is 22.8 Å². The summed E-state index contributed by atoms with van der Waals surface area (Å²) >= 11 is 0. The van der Waals surface area contributed by atoms with Crippen LogP contribution in [0.4, 0.5) is 0 Å². The van der Waals surface area contributed by atoms with Crippen LogP contribution in [0.25, 0.3) is 0 Å². The largest absolute Gasteiger partial charge is 0.362 e. The van der Waals surface area contributed by atoms with Crippen LogP contribution in [-0.4, -0.2) is 15.0 Å². The molecule has 4 heterocycles. The summed E-state index contributed by atoms with van der Waals surface area (Å²) in [6, 6.07) is 13.1. The first-order chi connectivity index (χ1) is 14.0. The highest BCUT2D eigenvalue weighted by Gasteiger charge is 2.31. The van der Waals surface area contributed by atoms with Crippen LogP contribution in [0, 0.1) is 0 Å². The summed E-state index contributed by atoms with van der Waals surface area (Å²) in [5.41, 5.74) is 8.53. The van der Waals surface area contributed by atoms with Crippen LogP contribution in [0.2, 0.25) is 0 Å². The van der Waals surface area contributed by atoms with Crippen LogP contribution in [-0.2, 0) is 10.8 Å². The lowest BCUT2D eigenvalue weighted by atomic mass is 9.85. The standard InChI is InChI=1S/C26H34N4/c1-15-17(3)27-18(4)25(5,6)22-12-10-20(29-22)16(2)21-11-14-24(30-21)26(7,8)23-13-9-19(15)28-23/h9-16,27-30H,3-4H2,1-2,5-8H3. The van der Waals surface area contributed by atoms with Crippen molar-refractivity contribution in [3.63, 3.8) is 0 Å². The molecular weight excluding hydrogens is 368 g/mol. The number of nitrogens with one attached hydrogen (secondary N) is 4. The van der Waals surface area contributed by atoms with Gasteiger partial charge in [0.25, 0.3) is 0 Å². The summed E-state index contributed by atoms with van der Waals surface area (Å²) in [6.07, 6.45) is 0. The summed E-state index contributed by atoms with van der Waals surface area (Å²) in [4.78, 5) is 11.0. The van der Waals surface area contributed by atoms with Crippen LogP contribution in [0.3, 0.4) is 0 Å². The van der Waals surface area contributed by atoms with Gasteiger partial charge < -0.3 is 20.3 Å². The summed E-state index contributed by atoms with van der Waals surface area (Å²) in [5, 5.41) is 3.50. The van der Waals surface area contributed by atoms with Gasteiger partial charge in [-0.25, -0.2) is 0 Å². The maximum atomic E-state index is 4.35. The minimum absolute atomic E-state index is 0.133. The van der Waals surface area contributed by atoms with Gasteiger partial charge in [0.1, 0.15) is 0 Å². The minimum Gasteiger partial charge on any atom is -0.362 e. The van der Waals surface area contributed by atoms with Crippen molar-refractivity contribution in [2.45, 2.75) is 64.2 Å². The Bertz CT molecular complexity index is 1100.